The Morgan fingerprint density at radius 1 is 1.41 bits per heavy atom. The van der Waals surface area contributed by atoms with Gasteiger partial charge in [0.05, 0.1) is 5.44 Å². The molecule has 1 aromatic carbocycles. The number of hydrogen-bond donors (Lipinski definition) is 4. The number of nitrogens with two attached hydrogens (primary N) is 1. The highest BCUT2D eigenvalue weighted by molar-refractivity contribution is 6.33. The summed E-state index contributed by atoms with van der Waals surface area (Å²) < 4.78 is 0. The van der Waals surface area contributed by atoms with Crippen LogP contribution in [0.5, 0.6) is 11.5 Å². The van der Waals surface area contributed by atoms with E-state index in [1.165, 1.54) is 26.0 Å². The fourth-order valence-electron chi connectivity index (χ4n) is 1.43. The zero-order chi connectivity index (χ0) is 13.2. The molecule has 0 aliphatic rings. The molecule has 5 N–H and O–H groups in total. The molecule has 0 amide bonds. The van der Waals surface area contributed by atoms with Crippen LogP contribution in [0.25, 0.3) is 0 Å². The highest BCUT2D eigenvalue weighted by Gasteiger charge is 2.37. The van der Waals surface area contributed by atoms with Crippen LogP contribution in [0.2, 0.25) is 0 Å². The fraction of sp³-hybridized carbons (Fsp3) is 0.222. The number of hydrogen-bond acceptors (Lipinski definition) is 6. The topological polar surface area (TPSA) is 113 Å². The lowest BCUT2D eigenvalue weighted by molar-refractivity contribution is -0.237. The SMILES string of the molecule is B[C@H](c1ccc(O)c(O)c1)[C@@](B)(N)C(=O)OO. The van der Waals surface area contributed by atoms with Gasteiger partial charge >= 0.3 is 5.97 Å². The number of phenols is 2. The van der Waals surface area contributed by atoms with Gasteiger partial charge in [0.1, 0.15) is 15.7 Å². The van der Waals surface area contributed by atoms with Gasteiger partial charge in [-0.05, 0) is 23.5 Å². The minimum atomic E-state index is -1.45. The van der Waals surface area contributed by atoms with Gasteiger partial charge in [-0.3, -0.25) is 4.89 Å². The molecule has 1 aromatic rings. The minimum absolute atomic E-state index is 0.260. The van der Waals surface area contributed by atoms with Crippen LogP contribution in [0, 0.1) is 0 Å². The summed E-state index contributed by atoms with van der Waals surface area (Å²) in [6.45, 7) is 0. The first-order valence-corrected chi connectivity index (χ1v) is 4.97. The van der Waals surface area contributed by atoms with Gasteiger partial charge in [-0.15, -0.1) is 0 Å². The Morgan fingerprint density at radius 3 is 2.47 bits per heavy atom. The molecule has 0 aromatic heterocycles. The Kier molecular flexibility index (Phi) is 3.69. The smallest absolute Gasteiger partial charge is 0.352 e. The van der Waals surface area contributed by atoms with Crippen LogP contribution >= 0.6 is 0 Å². The number of benzene rings is 1. The maximum absolute atomic E-state index is 11.3. The largest absolute Gasteiger partial charge is 0.504 e. The maximum atomic E-state index is 11.3. The van der Waals surface area contributed by atoms with Gasteiger partial charge in [0.2, 0.25) is 0 Å². The van der Waals surface area contributed by atoms with E-state index in [0.717, 1.165) is 0 Å². The molecule has 0 bridgehead atoms. The third-order valence-corrected chi connectivity index (χ3v) is 2.92. The summed E-state index contributed by atoms with van der Waals surface area (Å²) in [5.74, 6) is -2.06. The minimum Gasteiger partial charge on any atom is -0.504 e. The second kappa shape index (κ2) is 4.68. The molecule has 0 aliphatic carbocycles. The first-order chi connectivity index (χ1) is 7.80. The molecule has 0 unspecified atom stereocenters. The molecule has 0 heterocycles. The Labute approximate surface area is 99.8 Å². The zero-order valence-corrected chi connectivity index (χ0v) is 9.54. The highest BCUT2D eigenvalue weighted by Crippen LogP contribution is 2.30. The lowest BCUT2D eigenvalue weighted by Gasteiger charge is -2.28. The number of phenolic OH excluding ortho intramolecular Hbond substituents is 2. The fourth-order valence-corrected chi connectivity index (χ4v) is 1.43. The first kappa shape index (κ1) is 13.4. The van der Waals surface area contributed by atoms with E-state index < -0.39 is 17.2 Å². The lowest BCUT2D eigenvalue weighted by atomic mass is 9.58. The Morgan fingerprint density at radius 2 is 2.00 bits per heavy atom. The lowest BCUT2D eigenvalue weighted by Crippen LogP contribution is -2.54. The van der Waals surface area contributed by atoms with Crippen molar-refractivity contribution in [3.05, 3.63) is 23.8 Å². The number of aromatic hydroxyl groups is 2. The second-order valence-electron chi connectivity index (χ2n) is 4.13. The van der Waals surface area contributed by atoms with Crippen molar-refractivity contribution in [1.82, 2.24) is 0 Å². The molecule has 1 rings (SSSR count). The molecule has 8 heteroatoms. The van der Waals surface area contributed by atoms with Crippen LogP contribution < -0.4 is 5.73 Å². The number of carbonyl (C=O) groups is 1. The predicted molar refractivity (Wildman–Crippen MR) is 65.2 cm³/mol. The van der Waals surface area contributed by atoms with E-state index in [-0.39, 0.29) is 11.5 Å². The molecule has 2 atom stereocenters. The van der Waals surface area contributed by atoms with Crippen LogP contribution in [0.1, 0.15) is 11.4 Å². The van der Waals surface area contributed by atoms with Crippen LogP contribution in [0.4, 0.5) is 0 Å². The summed E-state index contributed by atoms with van der Waals surface area (Å²) >= 11 is 0. The highest BCUT2D eigenvalue weighted by atomic mass is 17.1. The van der Waals surface area contributed by atoms with Gasteiger partial charge in [-0.25, -0.2) is 4.79 Å². The van der Waals surface area contributed by atoms with Crippen LogP contribution in [-0.4, -0.2) is 42.6 Å². The molecule has 90 valence electrons. The molecule has 0 saturated carbocycles. The summed E-state index contributed by atoms with van der Waals surface area (Å²) in [5, 5.41) is 26.9. The summed E-state index contributed by atoms with van der Waals surface area (Å²) in [6, 6.07) is 4.12. The van der Waals surface area contributed by atoms with Crippen molar-refractivity contribution in [2.45, 2.75) is 11.3 Å². The average Bonchev–Trinajstić information content (AvgIpc) is 2.30. The van der Waals surface area contributed by atoms with E-state index in [1.807, 2.05) is 0 Å². The quantitative estimate of drug-likeness (QED) is 0.211. The third kappa shape index (κ3) is 2.54. The Hall–Kier alpha value is -1.66. The van der Waals surface area contributed by atoms with E-state index in [1.54, 1.807) is 7.85 Å². The van der Waals surface area contributed by atoms with Crippen molar-refractivity contribution in [3.63, 3.8) is 0 Å². The molecule has 0 aliphatic heterocycles. The van der Waals surface area contributed by atoms with Crippen LogP contribution in [-0.2, 0) is 9.68 Å². The van der Waals surface area contributed by atoms with Crippen molar-refractivity contribution in [3.8, 4) is 11.5 Å². The number of carbonyl (C=O) groups excluding carboxylic acids is 1. The monoisotopic (exact) mass is 237 g/mol. The number of rotatable bonds is 3. The van der Waals surface area contributed by atoms with E-state index >= 15 is 0 Å². The molecular weight excluding hydrogens is 224 g/mol. The van der Waals surface area contributed by atoms with Gasteiger partial charge in [-0.1, -0.05) is 6.07 Å². The molecule has 0 saturated heterocycles. The summed E-state index contributed by atoms with van der Waals surface area (Å²) in [6.07, 6.45) is 0. The van der Waals surface area contributed by atoms with Crippen molar-refractivity contribution in [2.75, 3.05) is 0 Å². The second-order valence-corrected chi connectivity index (χ2v) is 4.13. The van der Waals surface area contributed by atoms with Crippen LogP contribution in [0.3, 0.4) is 0 Å². The Bertz CT molecular complexity index is 437. The van der Waals surface area contributed by atoms with Gasteiger partial charge < -0.3 is 15.9 Å². The van der Waals surface area contributed by atoms with Crippen molar-refractivity contribution in [2.24, 2.45) is 5.73 Å². The van der Waals surface area contributed by atoms with Crippen molar-refractivity contribution in [1.29, 1.82) is 0 Å². The van der Waals surface area contributed by atoms with Crippen LogP contribution in [0.15, 0.2) is 18.2 Å². The van der Waals surface area contributed by atoms with Gasteiger partial charge in [0, 0.05) is 0 Å². The Balaban J connectivity index is 3.07. The molecule has 6 nitrogen and oxygen atoms in total. The third-order valence-electron chi connectivity index (χ3n) is 2.92. The first-order valence-electron chi connectivity index (χ1n) is 4.97. The predicted octanol–water partition coefficient (Wildman–Crippen LogP) is -1.92. The van der Waals surface area contributed by atoms with Gasteiger partial charge in [-0.2, -0.15) is 5.26 Å². The van der Waals surface area contributed by atoms with E-state index in [2.05, 4.69) is 4.89 Å². The molecule has 17 heavy (non-hydrogen) atoms. The van der Waals surface area contributed by atoms with Gasteiger partial charge in [0.15, 0.2) is 11.5 Å². The summed E-state index contributed by atoms with van der Waals surface area (Å²) in [7, 11) is 3.04. The van der Waals surface area contributed by atoms with E-state index in [9.17, 15) is 15.0 Å². The summed E-state index contributed by atoms with van der Waals surface area (Å²) in [5.41, 5.74) is 4.85. The normalized spacial score (nSPS) is 15.9. The standard InChI is InChI=1S/C9H13B2NO5/c10-7(9(11,12)8(15)17-16)4-1-2-5(13)6(14)3-4/h1-3,7,13-14,16H,10-12H2/t7-,9-/m1/s1. The van der Waals surface area contributed by atoms with Gasteiger partial charge in [0.25, 0.3) is 0 Å². The molecule has 0 radical (unpaired) electrons. The van der Waals surface area contributed by atoms with Crippen molar-refractivity contribution < 1.29 is 25.2 Å². The molecular formula is C9H13B2NO5. The molecule has 0 spiro atoms. The molecule has 0 fully saturated rings. The van der Waals surface area contributed by atoms with E-state index in [0.29, 0.717) is 5.56 Å². The van der Waals surface area contributed by atoms with E-state index in [4.69, 9.17) is 11.0 Å². The zero-order valence-electron chi connectivity index (χ0n) is 9.54. The average molecular weight is 237 g/mol. The maximum Gasteiger partial charge on any atom is 0.352 e. The summed E-state index contributed by atoms with van der Waals surface area (Å²) in [4.78, 5) is 14.9. The van der Waals surface area contributed by atoms with Crippen molar-refractivity contribution >= 4 is 21.7 Å².